The van der Waals surface area contributed by atoms with Gasteiger partial charge in [-0.05, 0) is 37.5 Å². The van der Waals surface area contributed by atoms with E-state index in [1.165, 1.54) is 25.8 Å². The molecule has 1 saturated heterocycles. The minimum absolute atomic E-state index is 0.0852. The molecule has 1 amide bonds. The Hall–Kier alpha value is -1.36. The second-order valence-corrected chi connectivity index (χ2v) is 7.46. The molecule has 22 heavy (non-hydrogen) atoms. The van der Waals surface area contributed by atoms with Gasteiger partial charge >= 0.3 is 0 Å². The molecule has 0 aromatic carbocycles. The molecule has 0 unspecified atom stereocenters. The standard InChI is InChI=1S/C17H25N3O2/c1-11-8-20(9-12-3-2-4-12)10-15(11)18-17(21)14-7-16(22-19-14)13-5-6-13/h7,11-13,15H,2-6,8-10H2,1H3,(H,18,21)/t11-,15+/m0/s1. The van der Waals surface area contributed by atoms with Crippen LogP contribution in [0.4, 0.5) is 0 Å². The average Bonchev–Trinajstić information content (AvgIpc) is 3.08. The van der Waals surface area contributed by atoms with Crippen LogP contribution in [-0.4, -0.2) is 41.6 Å². The van der Waals surface area contributed by atoms with E-state index in [1.54, 1.807) is 0 Å². The maximum absolute atomic E-state index is 12.3. The van der Waals surface area contributed by atoms with Crippen LogP contribution in [0.15, 0.2) is 10.6 Å². The Kier molecular flexibility index (Phi) is 3.68. The fraction of sp³-hybridized carbons (Fsp3) is 0.765. The van der Waals surface area contributed by atoms with Crippen LogP contribution in [-0.2, 0) is 0 Å². The highest BCUT2D eigenvalue weighted by atomic mass is 16.5. The molecule has 3 fully saturated rings. The average molecular weight is 303 g/mol. The predicted molar refractivity (Wildman–Crippen MR) is 82.7 cm³/mol. The van der Waals surface area contributed by atoms with Crippen molar-refractivity contribution in [3.63, 3.8) is 0 Å². The molecule has 5 nitrogen and oxygen atoms in total. The molecule has 2 heterocycles. The summed E-state index contributed by atoms with van der Waals surface area (Å²) in [7, 11) is 0. The molecule has 2 aliphatic carbocycles. The molecule has 0 spiro atoms. The third-order valence-corrected chi connectivity index (χ3v) is 5.49. The number of aromatic nitrogens is 1. The maximum atomic E-state index is 12.3. The maximum Gasteiger partial charge on any atom is 0.273 e. The number of hydrogen-bond acceptors (Lipinski definition) is 4. The Labute approximate surface area is 131 Å². The van der Waals surface area contributed by atoms with Gasteiger partial charge in [-0.25, -0.2) is 0 Å². The van der Waals surface area contributed by atoms with Crippen LogP contribution in [0.2, 0.25) is 0 Å². The molecular formula is C17H25N3O2. The van der Waals surface area contributed by atoms with Gasteiger partial charge in [0.05, 0.1) is 0 Å². The van der Waals surface area contributed by atoms with Crippen molar-refractivity contribution in [2.75, 3.05) is 19.6 Å². The lowest BCUT2D eigenvalue weighted by Crippen LogP contribution is -2.40. The molecule has 3 aliphatic rings. The second-order valence-electron chi connectivity index (χ2n) is 7.46. The van der Waals surface area contributed by atoms with E-state index in [9.17, 15) is 4.79 Å². The first-order valence-electron chi connectivity index (χ1n) is 8.69. The normalized spacial score (nSPS) is 29.5. The third-order valence-electron chi connectivity index (χ3n) is 5.49. The van der Waals surface area contributed by atoms with Crippen molar-refractivity contribution in [1.82, 2.24) is 15.4 Å². The van der Waals surface area contributed by atoms with E-state index in [1.807, 2.05) is 6.07 Å². The topological polar surface area (TPSA) is 58.4 Å². The van der Waals surface area contributed by atoms with Crippen LogP contribution in [0.1, 0.15) is 61.2 Å². The largest absolute Gasteiger partial charge is 0.360 e. The van der Waals surface area contributed by atoms with Crippen LogP contribution in [0.25, 0.3) is 0 Å². The molecule has 1 aromatic heterocycles. The minimum Gasteiger partial charge on any atom is -0.360 e. The Morgan fingerprint density at radius 2 is 2.18 bits per heavy atom. The summed E-state index contributed by atoms with van der Waals surface area (Å²) in [6, 6.07) is 2.05. The van der Waals surface area contributed by atoms with E-state index in [0.717, 1.165) is 37.6 Å². The summed E-state index contributed by atoms with van der Waals surface area (Å²) >= 11 is 0. The lowest BCUT2D eigenvalue weighted by molar-refractivity contribution is 0.0921. The first-order valence-corrected chi connectivity index (χ1v) is 8.69. The molecule has 4 rings (SSSR count). The summed E-state index contributed by atoms with van der Waals surface area (Å²) in [6.07, 6.45) is 6.47. The number of nitrogens with zero attached hydrogens (tertiary/aromatic N) is 2. The van der Waals surface area contributed by atoms with Crippen molar-refractivity contribution in [2.45, 2.75) is 51.0 Å². The Morgan fingerprint density at radius 3 is 2.86 bits per heavy atom. The van der Waals surface area contributed by atoms with E-state index in [4.69, 9.17) is 4.52 Å². The van der Waals surface area contributed by atoms with Crippen LogP contribution in [0, 0.1) is 11.8 Å². The van der Waals surface area contributed by atoms with E-state index in [-0.39, 0.29) is 11.9 Å². The van der Waals surface area contributed by atoms with Gasteiger partial charge in [-0.15, -0.1) is 0 Å². The van der Waals surface area contributed by atoms with Gasteiger partial charge in [-0.1, -0.05) is 18.5 Å². The fourth-order valence-electron chi connectivity index (χ4n) is 3.64. The molecule has 2 saturated carbocycles. The lowest BCUT2D eigenvalue weighted by Gasteiger charge is -2.30. The number of carbonyl (C=O) groups is 1. The number of amides is 1. The number of hydrogen-bond donors (Lipinski definition) is 1. The van der Waals surface area contributed by atoms with Gasteiger partial charge < -0.3 is 14.7 Å². The van der Waals surface area contributed by atoms with E-state index in [2.05, 4.69) is 22.3 Å². The monoisotopic (exact) mass is 303 g/mol. The van der Waals surface area contributed by atoms with E-state index < -0.39 is 0 Å². The van der Waals surface area contributed by atoms with E-state index in [0.29, 0.717) is 17.5 Å². The molecule has 5 heteroatoms. The number of likely N-dealkylation sites (tertiary alicyclic amines) is 1. The van der Waals surface area contributed by atoms with Gasteiger partial charge in [0.1, 0.15) is 5.76 Å². The lowest BCUT2D eigenvalue weighted by atomic mass is 9.85. The predicted octanol–water partition coefficient (Wildman–Crippen LogP) is 2.40. The fourth-order valence-corrected chi connectivity index (χ4v) is 3.64. The molecule has 1 aromatic rings. The van der Waals surface area contributed by atoms with Gasteiger partial charge in [0.25, 0.3) is 5.91 Å². The summed E-state index contributed by atoms with van der Waals surface area (Å²) in [5.74, 6) is 2.67. The van der Waals surface area contributed by atoms with Gasteiger partial charge in [0.15, 0.2) is 5.69 Å². The number of carbonyl (C=O) groups excluding carboxylic acids is 1. The third kappa shape index (κ3) is 2.91. The van der Waals surface area contributed by atoms with Crippen molar-refractivity contribution in [2.24, 2.45) is 11.8 Å². The Morgan fingerprint density at radius 1 is 1.36 bits per heavy atom. The number of nitrogens with one attached hydrogen (secondary N) is 1. The zero-order valence-electron chi connectivity index (χ0n) is 13.3. The second kappa shape index (κ2) is 5.69. The zero-order valence-corrected chi connectivity index (χ0v) is 13.3. The van der Waals surface area contributed by atoms with Crippen molar-refractivity contribution in [3.8, 4) is 0 Å². The van der Waals surface area contributed by atoms with Gasteiger partial charge in [0.2, 0.25) is 0 Å². The van der Waals surface area contributed by atoms with Gasteiger partial charge in [-0.2, -0.15) is 0 Å². The van der Waals surface area contributed by atoms with Crippen LogP contribution >= 0.6 is 0 Å². The molecule has 120 valence electrons. The highest BCUT2D eigenvalue weighted by Gasteiger charge is 2.34. The van der Waals surface area contributed by atoms with Crippen LogP contribution < -0.4 is 5.32 Å². The SMILES string of the molecule is C[C@H]1CN(CC2CCC2)C[C@H]1NC(=O)c1cc(C2CC2)on1. The molecule has 1 N–H and O–H groups in total. The highest BCUT2D eigenvalue weighted by Crippen LogP contribution is 2.40. The molecule has 1 aliphatic heterocycles. The minimum atomic E-state index is -0.0852. The zero-order chi connectivity index (χ0) is 15.1. The molecular weight excluding hydrogens is 278 g/mol. The quantitative estimate of drug-likeness (QED) is 0.907. The van der Waals surface area contributed by atoms with E-state index >= 15 is 0 Å². The molecule has 0 radical (unpaired) electrons. The molecule has 0 bridgehead atoms. The summed E-state index contributed by atoms with van der Waals surface area (Å²) in [4.78, 5) is 14.9. The van der Waals surface area contributed by atoms with Crippen molar-refractivity contribution < 1.29 is 9.32 Å². The van der Waals surface area contributed by atoms with Crippen molar-refractivity contribution in [3.05, 3.63) is 17.5 Å². The molecule has 2 atom stereocenters. The summed E-state index contributed by atoms with van der Waals surface area (Å²) in [6.45, 7) is 5.49. The summed E-state index contributed by atoms with van der Waals surface area (Å²) in [5, 5.41) is 7.09. The van der Waals surface area contributed by atoms with Crippen LogP contribution in [0.3, 0.4) is 0 Å². The Bertz CT molecular complexity index is 548. The highest BCUT2D eigenvalue weighted by molar-refractivity contribution is 5.92. The van der Waals surface area contributed by atoms with Gasteiger partial charge in [0, 0.05) is 37.7 Å². The summed E-state index contributed by atoms with van der Waals surface area (Å²) in [5.41, 5.74) is 0.437. The first kappa shape index (κ1) is 14.2. The van der Waals surface area contributed by atoms with Gasteiger partial charge in [-0.3, -0.25) is 4.79 Å². The van der Waals surface area contributed by atoms with Crippen LogP contribution in [0.5, 0.6) is 0 Å². The first-order chi connectivity index (χ1) is 10.7. The Balaban J connectivity index is 1.32. The smallest absolute Gasteiger partial charge is 0.273 e. The van der Waals surface area contributed by atoms with Crippen molar-refractivity contribution in [1.29, 1.82) is 0 Å². The summed E-state index contributed by atoms with van der Waals surface area (Å²) < 4.78 is 5.28. The van der Waals surface area contributed by atoms with Crippen molar-refractivity contribution >= 4 is 5.91 Å². The number of rotatable bonds is 5.